The molecule has 0 saturated carbocycles. The second-order valence-corrected chi connectivity index (χ2v) is 30.3. The van der Waals surface area contributed by atoms with E-state index < -0.39 is 178 Å². The molecule has 18 N–H and O–H groups in total. The fourth-order valence-electron chi connectivity index (χ4n) is 11.5. The number of nitrogens with two attached hydrogens (primary N) is 1. The average molecular weight is 1570 g/mol. The van der Waals surface area contributed by atoms with Crippen molar-refractivity contribution in [2.24, 2.45) is 10.7 Å². The molecule has 1 fully saturated rings. The summed E-state index contributed by atoms with van der Waals surface area (Å²) in [5.74, 6) is -9.84. The van der Waals surface area contributed by atoms with E-state index in [1.54, 1.807) is 12.3 Å². The third-order valence-electron chi connectivity index (χ3n) is 17.7. The number of aliphatic imine (C=N–C) groups is 1. The number of hydrogen-bond donors (Lipinski definition) is 17. The van der Waals surface area contributed by atoms with Gasteiger partial charge in [0, 0.05) is 32.8 Å². The molecule has 5 aromatic heterocycles. The van der Waals surface area contributed by atoms with Gasteiger partial charge in [0.05, 0.1) is 82.4 Å². The first-order valence-electron chi connectivity index (χ1n) is 32.5. The highest BCUT2D eigenvalue weighted by Crippen LogP contribution is 2.48. The molecule has 13 bridgehead atoms. The average Bonchev–Trinajstić information content (AvgIpc) is 1.47. The van der Waals surface area contributed by atoms with E-state index in [9.17, 15) is 68.7 Å². The summed E-state index contributed by atoms with van der Waals surface area (Å²) < 4.78 is 6.30. The number of nitrogens with zero attached hydrogens (tertiary/aromatic N) is 6. The summed E-state index contributed by atoms with van der Waals surface area (Å²) in [5.41, 5.74) is -1.49. The molecule has 9 heterocycles. The van der Waals surface area contributed by atoms with Gasteiger partial charge in [-0.25, -0.2) is 29.7 Å². The van der Waals surface area contributed by atoms with Crippen molar-refractivity contribution >= 4 is 145 Å². The number of carbonyl (C=O) groups excluding carboxylic acids is 10. The number of amides is 9. The summed E-state index contributed by atoms with van der Waals surface area (Å²) in [6.45, 7) is 24.3. The zero-order chi connectivity index (χ0) is 77.3. The Morgan fingerprint density at radius 1 is 0.792 bits per heavy atom. The highest BCUT2D eigenvalue weighted by molar-refractivity contribution is 8.14. The van der Waals surface area contributed by atoms with Gasteiger partial charge in [-0.2, -0.15) is 0 Å². The fourth-order valence-corrected chi connectivity index (χ4v) is 16.8. The van der Waals surface area contributed by atoms with Crippen LogP contribution in [0, 0.1) is 0 Å². The van der Waals surface area contributed by atoms with Gasteiger partial charge in [0.2, 0.25) is 17.7 Å². The van der Waals surface area contributed by atoms with E-state index in [0.29, 0.717) is 0 Å². The number of hydrogen-bond acceptors (Lipinski definition) is 30. The van der Waals surface area contributed by atoms with Crippen molar-refractivity contribution in [2.75, 3.05) is 5.75 Å². The molecule has 560 valence electrons. The van der Waals surface area contributed by atoms with Crippen molar-refractivity contribution in [3.8, 4) is 0 Å². The first kappa shape index (κ1) is 79.0. The molecule has 1 saturated heterocycles. The molecule has 5 aliphatic rings. The number of pyridine rings is 1. The third-order valence-corrected chi connectivity index (χ3v) is 23.0. The van der Waals surface area contributed by atoms with Gasteiger partial charge in [0.15, 0.2) is 0 Å². The quantitative estimate of drug-likeness (QED) is 0.0579. The number of piperidine rings is 1. The van der Waals surface area contributed by atoms with Crippen LogP contribution in [-0.2, 0) is 43.8 Å². The molecule has 4 aliphatic heterocycles. The highest BCUT2D eigenvalue weighted by atomic mass is 32.2. The van der Waals surface area contributed by atoms with E-state index in [1.807, 2.05) is 0 Å². The van der Waals surface area contributed by atoms with E-state index in [0.717, 1.165) is 57.1 Å². The van der Waals surface area contributed by atoms with Crippen molar-refractivity contribution in [2.45, 2.75) is 151 Å². The number of thiazole rings is 4. The number of aliphatic hydroxyl groups is 5. The molecular formula is C66H74N18O16S6. The number of thioether (sulfide) groups is 1. The summed E-state index contributed by atoms with van der Waals surface area (Å²) in [6.07, 6.45) is -3.03. The number of cyclic esters (lactones) is 1. The number of allylic oxidation sites excluding steroid dienone is 1. The van der Waals surface area contributed by atoms with Crippen molar-refractivity contribution in [1.29, 1.82) is 0 Å². The summed E-state index contributed by atoms with van der Waals surface area (Å²) in [5, 5.41) is 93.7. The van der Waals surface area contributed by atoms with Crippen LogP contribution >= 0.6 is 69.3 Å². The van der Waals surface area contributed by atoms with E-state index >= 15 is 4.79 Å². The predicted molar refractivity (Wildman–Crippen MR) is 393 cm³/mol. The van der Waals surface area contributed by atoms with Crippen LogP contribution in [0.2, 0.25) is 0 Å². The first-order valence-corrected chi connectivity index (χ1v) is 37.4. The number of fused-ring (bicyclic) bond motifs is 7. The van der Waals surface area contributed by atoms with E-state index in [2.05, 4.69) is 99.8 Å². The lowest BCUT2D eigenvalue weighted by atomic mass is 9.78. The highest BCUT2D eigenvalue weighted by Gasteiger charge is 2.52. The van der Waals surface area contributed by atoms with Gasteiger partial charge in [-0.1, -0.05) is 56.8 Å². The van der Waals surface area contributed by atoms with E-state index in [-0.39, 0.29) is 94.0 Å². The minimum absolute atomic E-state index is 0.00398. The van der Waals surface area contributed by atoms with Crippen LogP contribution in [0.15, 0.2) is 99.5 Å². The van der Waals surface area contributed by atoms with Crippen LogP contribution < -0.4 is 64.2 Å². The Hall–Kier alpha value is -9.56. The van der Waals surface area contributed by atoms with Crippen LogP contribution in [0.25, 0.3) is 6.08 Å². The normalized spacial score (nSPS) is 27.2. The van der Waals surface area contributed by atoms with Crippen LogP contribution in [0.5, 0.6) is 0 Å². The Morgan fingerprint density at radius 3 is 2.13 bits per heavy atom. The SMILES string of the molecule is C=C(NC(=O)c1csc([C@H]2CC[C@]34NC(=O)C(=C)NC(=O)C(=C)NC(=O)C(=C)NC(=O)[C@H](C)NC5C=Cc6c([C@H](C)O)cc(nc6[C@H]5O)C(=O)O[C@H](C)[C@H](NC(=S)c5csc(n5)[C@H]([C@](C)(O)[C@@H](C)O)NC(=O)[C@H]5CSC(=N5)/C(=C/C)NC(=O)[C@H]([C@@H](C)O)NC(=O)c5csc3n5)c3nc(cs3)[C@H]4N2)n1)C(N)=O. The number of ether oxygens (including phenoxy) is 1. The Morgan fingerprint density at radius 2 is 1.46 bits per heavy atom. The van der Waals surface area contributed by atoms with Crippen LogP contribution in [0.3, 0.4) is 0 Å². The molecule has 15 atom stereocenters. The molecule has 1 unspecified atom stereocenters. The van der Waals surface area contributed by atoms with Crippen LogP contribution in [-0.4, -0.2) is 173 Å². The van der Waals surface area contributed by atoms with E-state index in [1.165, 1.54) is 82.0 Å². The van der Waals surface area contributed by atoms with Gasteiger partial charge in [-0.05, 0) is 72.9 Å². The molecule has 5 aromatic rings. The molecule has 0 radical (unpaired) electrons. The van der Waals surface area contributed by atoms with Gasteiger partial charge in [-0.15, -0.1) is 57.1 Å². The maximum Gasteiger partial charge on any atom is 0.357 e. The van der Waals surface area contributed by atoms with Gasteiger partial charge in [0.1, 0.15) is 100 Å². The number of nitrogens with one attached hydrogen (secondary N) is 11. The number of aliphatic hydroxyl groups excluding tert-OH is 4. The lowest BCUT2D eigenvalue weighted by molar-refractivity contribution is -0.128. The second kappa shape index (κ2) is 32.3. The smallest absolute Gasteiger partial charge is 0.357 e. The topological polar surface area (TPSA) is 516 Å². The summed E-state index contributed by atoms with van der Waals surface area (Å²) in [7, 11) is 0. The van der Waals surface area contributed by atoms with Crippen molar-refractivity contribution < 1.29 is 78.2 Å². The van der Waals surface area contributed by atoms with Gasteiger partial charge >= 0.3 is 5.97 Å². The molecule has 106 heavy (non-hydrogen) atoms. The zero-order valence-corrected chi connectivity index (χ0v) is 62.4. The third kappa shape index (κ3) is 16.8. The largest absolute Gasteiger partial charge is 0.455 e. The number of esters is 1. The Labute approximate surface area is 630 Å². The zero-order valence-electron chi connectivity index (χ0n) is 57.5. The lowest BCUT2D eigenvalue weighted by Gasteiger charge is -2.45. The minimum atomic E-state index is -2.13. The number of carbonyl (C=O) groups is 10. The maximum atomic E-state index is 15.2. The van der Waals surface area contributed by atoms with Crippen LogP contribution in [0.4, 0.5) is 0 Å². The predicted octanol–water partition coefficient (Wildman–Crippen LogP) is 0.745. The van der Waals surface area contributed by atoms with E-state index in [4.69, 9.17) is 37.6 Å². The molecule has 9 amide bonds. The molecule has 34 nitrogen and oxygen atoms in total. The number of aromatic nitrogens is 5. The first-order chi connectivity index (χ1) is 50.0. The van der Waals surface area contributed by atoms with Crippen molar-refractivity contribution in [3.05, 3.63) is 160 Å². The molecule has 10 rings (SSSR count). The maximum absolute atomic E-state index is 15.2. The molecule has 40 heteroatoms. The molecular weight excluding hydrogens is 1490 g/mol. The van der Waals surface area contributed by atoms with Crippen molar-refractivity contribution in [1.82, 2.24) is 83.4 Å². The standard InChI is InChI=1S/C66H74N18O16S6/c1-12-34-59-77-40(20-102-59)56(96)83-48(65(11,99)31(10)87)62-79-42(22-105-62)58(101)82-44-30(9)100-63(98)37-17-33(28(7)85)32-13-14-35(46(88)45(32)73-37)68-24(3)50(90)70-25(4)51(91)71-26(5)52(92)72-27(6)53(93)84-66(64-80-41(21-106-64)55(95)81-43(29(8)86)57(97)75-34)16-15-36(74-47(66)38-18-104-61(44)76-38)60-78-39(19-103-60)54(94)69-23(2)49(67)89/h12-14,17-19,21-22,24,28-31,35-36,40,43-44,46-48,68,74,85-88,99H,2,4-6,15-16,20H2,1,3,7-11H3,(H2,67,89)(H,69,94)(H,70,90)(H,71,91)(H,72,92)(H,75,97)(H,81,95)(H,82,101)(H,83,96)(H,84,93)/b34-12-/t24-,28-,29+,30+,31+,35?,36+,40+,43-,44-,46-,47+,48+,65+,66+/m0/s1. The summed E-state index contributed by atoms with van der Waals surface area (Å²) in [4.78, 5) is 168. The monoisotopic (exact) mass is 1570 g/mol. The van der Waals surface area contributed by atoms with Crippen molar-refractivity contribution in [3.63, 3.8) is 0 Å². The molecule has 0 aromatic carbocycles. The number of primary amides is 1. The second-order valence-electron chi connectivity index (χ2n) is 25.4. The minimum Gasteiger partial charge on any atom is -0.455 e. The van der Waals surface area contributed by atoms with Gasteiger partial charge in [0.25, 0.3) is 35.4 Å². The summed E-state index contributed by atoms with van der Waals surface area (Å²) in [6, 6.07) is -8.90. The fraction of sp³-hybridized carbons (Fsp3) is 0.379. The number of thiocarbonyl (C=S) groups is 1. The lowest BCUT2D eigenvalue weighted by Crippen LogP contribution is -2.58. The molecule has 1 aliphatic carbocycles. The Kier molecular flexibility index (Phi) is 24.0. The van der Waals surface area contributed by atoms with Gasteiger partial charge < -0.3 is 83.9 Å². The van der Waals surface area contributed by atoms with Gasteiger partial charge in [-0.3, -0.25) is 58.8 Å². The summed E-state index contributed by atoms with van der Waals surface area (Å²) >= 11 is 11.0. The number of rotatable bonds is 8. The van der Waals surface area contributed by atoms with Crippen LogP contribution in [0.1, 0.15) is 177 Å². The molecule has 0 spiro atoms. The Balaban J connectivity index is 1.17. The Bertz CT molecular complexity index is 4590.